The Morgan fingerprint density at radius 3 is 2.29 bits per heavy atom. The lowest BCUT2D eigenvalue weighted by Crippen LogP contribution is -2.46. The third-order valence-electron chi connectivity index (χ3n) is 6.62. The fourth-order valence-corrected chi connectivity index (χ4v) is 6.25. The van der Waals surface area contributed by atoms with Crippen molar-refractivity contribution in [1.82, 2.24) is 0 Å². The van der Waals surface area contributed by atoms with Crippen LogP contribution in [0.2, 0.25) is 0 Å². The Hall–Kier alpha value is -1.02. The average molecular weight is 328 g/mol. The van der Waals surface area contributed by atoms with Crippen LogP contribution in [0.5, 0.6) is 5.75 Å². The van der Waals surface area contributed by atoms with Gasteiger partial charge in [-0.25, -0.2) is 0 Å². The summed E-state index contributed by atoms with van der Waals surface area (Å²) in [4.78, 5) is 0. The predicted molar refractivity (Wildman–Crippen MR) is 99.1 cm³/mol. The Bertz CT molecular complexity index is 551. The second kappa shape index (κ2) is 6.05. The molecule has 0 amide bonds. The van der Waals surface area contributed by atoms with Crippen molar-refractivity contribution in [2.45, 2.75) is 70.8 Å². The van der Waals surface area contributed by atoms with Gasteiger partial charge in [-0.2, -0.15) is 0 Å². The molecular formula is C22H33NO. The van der Waals surface area contributed by atoms with Crippen molar-refractivity contribution < 1.29 is 4.74 Å². The van der Waals surface area contributed by atoms with Gasteiger partial charge in [-0.15, -0.1) is 0 Å². The number of ether oxygens (including phenoxy) is 1. The van der Waals surface area contributed by atoms with Crippen LogP contribution in [0, 0.1) is 23.2 Å². The van der Waals surface area contributed by atoms with Crippen LogP contribution in [0.4, 0.5) is 0 Å². The van der Waals surface area contributed by atoms with Crippen LogP contribution < -0.4 is 10.5 Å². The molecule has 0 aliphatic heterocycles. The van der Waals surface area contributed by atoms with Gasteiger partial charge in [-0.3, -0.25) is 0 Å². The molecule has 0 aromatic heterocycles. The van der Waals surface area contributed by atoms with Crippen molar-refractivity contribution in [2.24, 2.45) is 28.9 Å². The highest BCUT2D eigenvalue weighted by molar-refractivity contribution is 5.29. The first kappa shape index (κ1) is 16.4. The Morgan fingerprint density at radius 2 is 1.71 bits per heavy atom. The van der Waals surface area contributed by atoms with Gasteiger partial charge in [0.25, 0.3) is 0 Å². The molecule has 4 bridgehead atoms. The van der Waals surface area contributed by atoms with Gasteiger partial charge in [0, 0.05) is 5.54 Å². The van der Waals surface area contributed by atoms with E-state index in [1.165, 1.54) is 50.5 Å². The van der Waals surface area contributed by atoms with E-state index in [1.807, 2.05) is 0 Å². The van der Waals surface area contributed by atoms with Crippen LogP contribution >= 0.6 is 0 Å². The summed E-state index contributed by atoms with van der Waals surface area (Å²) in [5.74, 6) is 4.12. The van der Waals surface area contributed by atoms with Gasteiger partial charge in [-0.1, -0.05) is 12.1 Å². The van der Waals surface area contributed by atoms with E-state index in [-0.39, 0.29) is 5.54 Å². The molecule has 4 aliphatic carbocycles. The van der Waals surface area contributed by atoms with E-state index in [0.29, 0.717) is 5.41 Å². The van der Waals surface area contributed by atoms with Gasteiger partial charge in [0.05, 0.1) is 6.61 Å². The van der Waals surface area contributed by atoms with Gasteiger partial charge in [0.1, 0.15) is 5.75 Å². The van der Waals surface area contributed by atoms with Crippen molar-refractivity contribution in [2.75, 3.05) is 6.61 Å². The van der Waals surface area contributed by atoms with Crippen molar-refractivity contribution in [3.8, 4) is 5.75 Å². The van der Waals surface area contributed by atoms with Crippen LogP contribution in [-0.4, -0.2) is 12.1 Å². The number of hydrogen-bond acceptors (Lipinski definition) is 2. The molecule has 0 heterocycles. The van der Waals surface area contributed by atoms with Crippen LogP contribution in [-0.2, 0) is 6.42 Å². The Morgan fingerprint density at radius 1 is 1.08 bits per heavy atom. The molecule has 24 heavy (non-hydrogen) atoms. The quantitative estimate of drug-likeness (QED) is 0.802. The Kier molecular flexibility index (Phi) is 4.15. The molecule has 4 aliphatic rings. The van der Waals surface area contributed by atoms with Crippen molar-refractivity contribution in [3.63, 3.8) is 0 Å². The largest absolute Gasteiger partial charge is 0.494 e. The topological polar surface area (TPSA) is 35.2 Å². The molecule has 1 aromatic rings. The number of hydrogen-bond donors (Lipinski definition) is 1. The molecule has 0 radical (unpaired) electrons. The molecule has 2 nitrogen and oxygen atoms in total. The summed E-state index contributed by atoms with van der Waals surface area (Å²) < 4.78 is 6.16. The summed E-state index contributed by atoms with van der Waals surface area (Å²) in [5, 5.41) is 0. The number of rotatable bonds is 6. The third kappa shape index (κ3) is 3.64. The summed E-state index contributed by atoms with van der Waals surface area (Å²) in [5.41, 5.74) is 7.87. The van der Waals surface area contributed by atoms with Crippen LogP contribution in [0.3, 0.4) is 0 Å². The summed E-state index contributed by atoms with van der Waals surface area (Å²) >= 11 is 0. The van der Waals surface area contributed by atoms with Crippen molar-refractivity contribution in [1.29, 1.82) is 0 Å². The monoisotopic (exact) mass is 327 g/mol. The van der Waals surface area contributed by atoms with E-state index in [4.69, 9.17) is 10.5 Å². The van der Waals surface area contributed by atoms with Crippen LogP contribution in [0.15, 0.2) is 24.3 Å². The zero-order chi connectivity index (χ0) is 16.8. The summed E-state index contributed by atoms with van der Waals surface area (Å²) in [6.07, 6.45) is 11.1. The Balaban J connectivity index is 1.34. The summed E-state index contributed by atoms with van der Waals surface area (Å²) in [6, 6.07) is 8.52. The third-order valence-corrected chi connectivity index (χ3v) is 6.62. The number of nitrogens with two attached hydrogens (primary N) is 1. The van der Waals surface area contributed by atoms with Gasteiger partial charge in [-0.05, 0) is 106 Å². The van der Waals surface area contributed by atoms with Gasteiger partial charge in [0.2, 0.25) is 0 Å². The molecular weight excluding hydrogens is 294 g/mol. The fraction of sp³-hybridized carbons (Fsp3) is 0.727. The zero-order valence-corrected chi connectivity index (χ0v) is 15.4. The minimum absolute atomic E-state index is 0.169. The summed E-state index contributed by atoms with van der Waals surface area (Å²) in [7, 11) is 0. The van der Waals surface area contributed by atoms with E-state index in [1.54, 1.807) is 0 Å². The molecule has 0 unspecified atom stereocenters. The molecule has 0 saturated heterocycles. The van der Waals surface area contributed by atoms with E-state index in [9.17, 15) is 0 Å². The molecule has 132 valence electrons. The van der Waals surface area contributed by atoms with Gasteiger partial charge < -0.3 is 10.5 Å². The molecule has 4 saturated carbocycles. The first-order chi connectivity index (χ1) is 11.4. The van der Waals surface area contributed by atoms with E-state index in [0.717, 1.165) is 36.5 Å². The first-order valence-electron chi connectivity index (χ1n) is 9.90. The van der Waals surface area contributed by atoms with E-state index < -0.39 is 0 Å². The van der Waals surface area contributed by atoms with Crippen molar-refractivity contribution in [3.05, 3.63) is 29.8 Å². The molecule has 2 heteroatoms. The van der Waals surface area contributed by atoms with Crippen LogP contribution in [0.1, 0.15) is 64.4 Å². The first-order valence-corrected chi connectivity index (χ1v) is 9.90. The molecule has 1 aromatic carbocycles. The lowest BCUT2D eigenvalue weighted by atomic mass is 9.49. The maximum Gasteiger partial charge on any atom is 0.119 e. The maximum absolute atomic E-state index is 6.16. The minimum Gasteiger partial charge on any atom is -0.494 e. The second-order valence-electron chi connectivity index (χ2n) is 9.83. The van der Waals surface area contributed by atoms with Crippen LogP contribution in [0.25, 0.3) is 0 Å². The minimum atomic E-state index is -0.169. The second-order valence-corrected chi connectivity index (χ2v) is 9.83. The highest BCUT2D eigenvalue weighted by Gasteiger charge is 2.50. The number of benzene rings is 1. The molecule has 0 atom stereocenters. The van der Waals surface area contributed by atoms with Gasteiger partial charge in [0.15, 0.2) is 0 Å². The average Bonchev–Trinajstić information content (AvgIpc) is 2.44. The lowest BCUT2D eigenvalue weighted by molar-refractivity contribution is -0.0622. The lowest BCUT2D eigenvalue weighted by Gasteiger charge is -2.57. The SMILES string of the molecule is CC(C)(N)Cc1cccc(OCCC23CC4CC(CC(C4)C2)C3)c1. The van der Waals surface area contributed by atoms with E-state index >= 15 is 0 Å². The highest BCUT2D eigenvalue weighted by atomic mass is 16.5. The smallest absolute Gasteiger partial charge is 0.119 e. The Labute approximate surface area is 147 Å². The maximum atomic E-state index is 6.16. The molecule has 0 spiro atoms. The highest BCUT2D eigenvalue weighted by Crippen LogP contribution is 2.61. The zero-order valence-electron chi connectivity index (χ0n) is 15.4. The standard InChI is InChI=1S/C22H33NO/c1-21(2,23)12-16-4-3-5-20(11-16)24-7-6-22-13-17-8-18(14-22)10-19(9-17)15-22/h3-5,11,17-19H,6-10,12-15,23H2,1-2H3. The van der Waals surface area contributed by atoms with Crippen molar-refractivity contribution >= 4 is 0 Å². The fourth-order valence-electron chi connectivity index (χ4n) is 6.25. The summed E-state index contributed by atoms with van der Waals surface area (Å²) in [6.45, 7) is 5.03. The normalized spacial score (nSPS) is 34.5. The van der Waals surface area contributed by atoms with Gasteiger partial charge >= 0.3 is 0 Å². The predicted octanol–water partition coefficient (Wildman–Crippen LogP) is 4.95. The van der Waals surface area contributed by atoms with E-state index in [2.05, 4.69) is 38.1 Å². The molecule has 4 fully saturated rings. The molecule has 5 rings (SSSR count). The molecule has 2 N–H and O–H groups in total.